The van der Waals surface area contributed by atoms with Gasteiger partial charge < -0.3 is 10.6 Å². The normalized spacial score (nSPS) is 10.4. The second-order valence-corrected chi connectivity index (χ2v) is 5.78. The van der Waals surface area contributed by atoms with Crippen LogP contribution in [0, 0.1) is 13.8 Å². The van der Waals surface area contributed by atoms with E-state index in [0.29, 0.717) is 11.0 Å². The lowest BCUT2D eigenvalue weighted by Gasteiger charge is -2.10. The molecule has 0 saturated carbocycles. The van der Waals surface area contributed by atoms with Gasteiger partial charge in [-0.1, -0.05) is 35.4 Å². The number of rotatable bonds is 4. The van der Waals surface area contributed by atoms with Gasteiger partial charge in [0, 0.05) is 28.2 Å². The Hall–Kier alpha value is -2.59. The van der Waals surface area contributed by atoms with Crippen molar-refractivity contribution in [3.8, 4) is 0 Å². The van der Waals surface area contributed by atoms with Crippen molar-refractivity contribution in [1.82, 2.24) is 9.97 Å². The van der Waals surface area contributed by atoms with Gasteiger partial charge in [-0.3, -0.25) is 0 Å². The lowest BCUT2D eigenvalue weighted by atomic mass is 10.2. The molecule has 0 amide bonds. The second-order valence-electron chi connectivity index (χ2n) is 5.34. The summed E-state index contributed by atoms with van der Waals surface area (Å²) in [5, 5.41) is 7.15. The standard InChI is InChI=1S/C18H17ClN4/c1-12-6-8-15(9-7-12)22-18-20-13(2)10-17(23-18)21-16-5-3-4-14(19)11-16/h3-11H,1-2H3,(H2,20,21,22,23). The van der Waals surface area contributed by atoms with Crippen molar-refractivity contribution in [2.75, 3.05) is 10.6 Å². The minimum absolute atomic E-state index is 0.554. The van der Waals surface area contributed by atoms with Gasteiger partial charge in [0.1, 0.15) is 5.82 Å². The van der Waals surface area contributed by atoms with Gasteiger partial charge in [0.15, 0.2) is 0 Å². The Morgan fingerprint density at radius 3 is 2.35 bits per heavy atom. The third-order valence-corrected chi connectivity index (χ3v) is 3.49. The minimum Gasteiger partial charge on any atom is -0.340 e. The zero-order chi connectivity index (χ0) is 16.2. The quantitative estimate of drug-likeness (QED) is 0.689. The fourth-order valence-corrected chi connectivity index (χ4v) is 2.36. The summed E-state index contributed by atoms with van der Waals surface area (Å²) in [4.78, 5) is 8.92. The number of hydrogen-bond donors (Lipinski definition) is 2. The molecule has 0 atom stereocenters. The molecule has 0 fully saturated rings. The summed E-state index contributed by atoms with van der Waals surface area (Å²) < 4.78 is 0. The van der Waals surface area contributed by atoms with Crippen molar-refractivity contribution in [2.24, 2.45) is 0 Å². The molecule has 0 aliphatic carbocycles. The van der Waals surface area contributed by atoms with Crippen LogP contribution in [0.4, 0.5) is 23.1 Å². The number of halogens is 1. The van der Waals surface area contributed by atoms with Crippen LogP contribution in [-0.4, -0.2) is 9.97 Å². The van der Waals surface area contributed by atoms with Crippen LogP contribution >= 0.6 is 11.6 Å². The molecule has 23 heavy (non-hydrogen) atoms. The van der Waals surface area contributed by atoms with E-state index in [1.54, 1.807) is 0 Å². The molecule has 0 unspecified atom stereocenters. The molecular weight excluding hydrogens is 308 g/mol. The highest BCUT2D eigenvalue weighted by Crippen LogP contribution is 2.21. The zero-order valence-corrected chi connectivity index (χ0v) is 13.7. The summed E-state index contributed by atoms with van der Waals surface area (Å²) in [5.74, 6) is 1.27. The predicted octanol–water partition coefficient (Wildman–Crippen LogP) is 5.23. The first-order chi connectivity index (χ1) is 11.1. The van der Waals surface area contributed by atoms with Gasteiger partial charge in [0.25, 0.3) is 0 Å². The van der Waals surface area contributed by atoms with Crippen molar-refractivity contribution >= 4 is 34.7 Å². The Labute approximate surface area is 140 Å². The molecule has 116 valence electrons. The number of anilines is 4. The van der Waals surface area contributed by atoms with E-state index < -0.39 is 0 Å². The zero-order valence-electron chi connectivity index (χ0n) is 13.0. The van der Waals surface area contributed by atoms with E-state index in [0.717, 1.165) is 22.9 Å². The highest BCUT2D eigenvalue weighted by Gasteiger charge is 2.04. The summed E-state index contributed by atoms with van der Waals surface area (Å²) in [7, 11) is 0. The highest BCUT2D eigenvalue weighted by molar-refractivity contribution is 6.30. The van der Waals surface area contributed by atoms with Crippen LogP contribution in [0.5, 0.6) is 0 Å². The molecule has 2 N–H and O–H groups in total. The number of aromatic nitrogens is 2. The molecule has 0 radical (unpaired) electrons. The Morgan fingerprint density at radius 2 is 1.61 bits per heavy atom. The monoisotopic (exact) mass is 324 g/mol. The van der Waals surface area contributed by atoms with Crippen LogP contribution in [0.25, 0.3) is 0 Å². The van der Waals surface area contributed by atoms with Gasteiger partial charge in [-0.15, -0.1) is 0 Å². The number of nitrogens with one attached hydrogen (secondary N) is 2. The number of aryl methyl sites for hydroxylation is 2. The lowest BCUT2D eigenvalue weighted by molar-refractivity contribution is 1.11. The number of benzene rings is 2. The smallest absolute Gasteiger partial charge is 0.229 e. The third kappa shape index (κ3) is 4.20. The van der Waals surface area contributed by atoms with Crippen molar-refractivity contribution in [3.05, 3.63) is 70.9 Å². The van der Waals surface area contributed by atoms with E-state index in [-0.39, 0.29) is 0 Å². The molecule has 0 aliphatic heterocycles. The van der Waals surface area contributed by atoms with Crippen LogP contribution < -0.4 is 10.6 Å². The summed E-state index contributed by atoms with van der Waals surface area (Å²) in [6.45, 7) is 3.99. The molecule has 3 rings (SSSR count). The predicted molar refractivity (Wildman–Crippen MR) is 96.0 cm³/mol. The van der Waals surface area contributed by atoms with Crippen LogP contribution in [-0.2, 0) is 0 Å². The second kappa shape index (κ2) is 6.67. The molecule has 1 heterocycles. The van der Waals surface area contributed by atoms with Gasteiger partial charge >= 0.3 is 0 Å². The van der Waals surface area contributed by atoms with E-state index in [1.165, 1.54) is 5.56 Å². The Balaban J connectivity index is 1.82. The van der Waals surface area contributed by atoms with Gasteiger partial charge in [0.05, 0.1) is 0 Å². The summed E-state index contributed by atoms with van der Waals surface area (Å²) in [6.07, 6.45) is 0. The maximum absolute atomic E-state index is 6.01. The summed E-state index contributed by atoms with van der Waals surface area (Å²) in [5.41, 5.74) is 3.93. The van der Waals surface area contributed by atoms with Crippen molar-refractivity contribution in [1.29, 1.82) is 0 Å². The largest absolute Gasteiger partial charge is 0.340 e. The third-order valence-electron chi connectivity index (χ3n) is 3.26. The number of hydrogen-bond acceptors (Lipinski definition) is 4. The summed E-state index contributed by atoms with van der Waals surface area (Å²) >= 11 is 6.01. The van der Waals surface area contributed by atoms with E-state index in [4.69, 9.17) is 11.6 Å². The first kappa shape index (κ1) is 15.3. The van der Waals surface area contributed by atoms with Gasteiger partial charge in [-0.05, 0) is 44.2 Å². The van der Waals surface area contributed by atoms with Crippen molar-refractivity contribution in [2.45, 2.75) is 13.8 Å². The number of nitrogens with zero attached hydrogens (tertiary/aromatic N) is 2. The Bertz CT molecular complexity index is 816. The summed E-state index contributed by atoms with van der Waals surface area (Å²) in [6, 6.07) is 17.5. The molecule has 0 spiro atoms. The first-order valence-corrected chi connectivity index (χ1v) is 7.68. The molecule has 0 aliphatic rings. The average Bonchev–Trinajstić information content (AvgIpc) is 2.49. The molecular formula is C18H17ClN4. The molecule has 2 aromatic carbocycles. The van der Waals surface area contributed by atoms with E-state index in [1.807, 2.05) is 61.5 Å². The van der Waals surface area contributed by atoms with Crippen LogP contribution in [0.1, 0.15) is 11.3 Å². The van der Waals surface area contributed by atoms with E-state index in [9.17, 15) is 0 Å². The minimum atomic E-state index is 0.554. The molecule has 0 bridgehead atoms. The van der Waals surface area contributed by atoms with Crippen LogP contribution in [0.2, 0.25) is 5.02 Å². The Morgan fingerprint density at radius 1 is 0.826 bits per heavy atom. The topological polar surface area (TPSA) is 49.8 Å². The van der Waals surface area contributed by atoms with E-state index >= 15 is 0 Å². The fraction of sp³-hybridized carbons (Fsp3) is 0.111. The average molecular weight is 325 g/mol. The Kier molecular flexibility index (Phi) is 4.44. The molecule has 3 aromatic rings. The lowest BCUT2D eigenvalue weighted by Crippen LogP contribution is -2.02. The van der Waals surface area contributed by atoms with Gasteiger partial charge in [-0.2, -0.15) is 4.98 Å². The van der Waals surface area contributed by atoms with Gasteiger partial charge in [0.2, 0.25) is 5.95 Å². The van der Waals surface area contributed by atoms with Crippen LogP contribution in [0.15, 0.2) is 54.6 Å². The van der Waals surface area contributed by atoms with Crippen molar-refractivity contribution in [3.63, 3.8) is 0 Å². The maximum Gasteiger partial charge on any atom is 0.229 e. The molecule has 5 heteroatoms. The van der Waals surface area contributed by atoms with Crippen molar-refractivity contribution < 1.29 is 0 Å². The van der Waals surface area contributed by atoms with E-state index in [2.05, 4.69) is 27.5 Å². The SMILES string of the molecule is Cc1ccc(Nc2nc(C)cc(Nc3cccc(Cl)c3)n2)cc1. The molecule has 0 saturated heterocycles. The van der Waals surface area contributed by atoms with Crippen LogP contribution in [0.3, 0.4) is 0 Å². The van der Waals surface area contributed by atoms with Gasteiger partial charge in [-0.25, -0.2) is 4.98 Å². The fourth-order valence-electron chi connectivity index (χ4n) is 2.17. The first-order valence-electron chi connectivity index (χ1n) is 7.30. The molecule has 4 nitrogen and oxygen atoms in total. The highest BCUT2D eigenvalue weighted by atomic mass is 35.5. The maximum atomic E-state index is 6.01. The molecule has 1 aromatic heterocycles.